The van der Waals surface area contributed by atoms with E-state index in [9.17, 15) is 54.4 Å². The number of fused-ring (bicyclic) bond motifs is 2. The minimum atomic E-state index is -4.45. The average molecular weight is 1220 g/mol. The number of ether oxygens (including phenoxy) is 4. The Bertz CT molecular complexity index is 3520. The van der Waals surface area contributed by atoms with E-state index < -0.39 is 82.1 Å². The second-order valence-corrected chi connectivity index (χ2v) is 25.0. The van der Waals surface area contributed by atoms with Gasteiger partial charge in [-0.2, -0.15) is 15.2 Å². The Labute approximate surface area is 502 Å². The molecule has 24 heteroatoms. The molecule has 10 atom stereocenters. The molecule has 85 heavy (non-hydrogen) atoms. The molecule has 10 N–H and O–H groups in total. The van der Waals surface area contributed by atoms with Gasteiger partial charge in [0.1, 0.15) is 54.2 Å². The number of nitriles is 2. The number of rotatable bonds is 19. The van der Waals surface area contributed by atoms with Crippen LogP contribution in [-0.2, 0) is 33.8 Å². The Kier molecular flexibility index (Phi) is 21.9. The number of allylic oxidation sites excluding steroid dienone is 1. The molecular formula is C61H72N8O13S3. The zero-order chi connectivity index (χ0) is 60.2. The third-order valence-corrected chi connectivity index (χ3v) is 18.9. The van der Waals surface area contributed by atoms with Crippen LogP contribution in [0.25, 0.3) is 54.6 Å². The molecule has 10 rings (SSSR count). The van der Waals surface area contributed by atoms with Crippen molar-refractivity contribution in [2.24, 2.45) is 0 Å². The lowest BCUT2D eigenvalue weighted by molar-refractivity contribution is -0.247. The molecule has 4 aromatic carbocycles. The number of aliphatic hydroxyl groups is 6. The normalized spacial score (nSPS) is 25.3. The molecule has 0 spiro atoms. The van der Waals surface area contributed by atoms with Crippen molar-refractivity contribution < 1.29 is 62.8 Å². The SMILES string of the molecule is CC[C@H]1OC(O)[C@H](NC(=O)/C(C#N)=C/c2ccc(-c3ccc4cc(NCCN5CCOCC5)ccc4c3)s2)[C@@H](O)[C@@H]1O.CC[C@H]1OC(O)[C@H](NS(=O)(=O)/C(C#N)=C/c2ccc(-c3ccc4cc(NCCN5CCOCC5)ccc4c3)s2)[C@@H](O)[C@@H]1O. The lowest BCUT2D eigenvalue weighted by atomic mass is 9.95. The van der Waals surface area contributed by atoms with E-state index in [0.29, 0.717) is 22.6 Å². The van der Waals surface area contributed by atoms with Crippen LogP contribution in [0.5, 0.6) is 0 Å². The number of benzene rings is 4. The number of amides is 1. The lowest BCUT2D eigenvalue weighted by Gasteiger charge is -2.40. The summed E-state index contributed by atoms with van der Waals surface area (Å²) >= 11 is 2.76. The minimum absolute atomic E-state index is 0.193. The van der Waals surface area contributed by atoms with Gasteiger partial charge >= 0.3 is 0 Å². The second-order valence-electron chi connectivity index (χ2n) is 21.1. The van der Waals surface area contributed by atoms with E-state index in [4.69, 9.17) is 18.9 Å². The van der Waals surface area contributed by atoms with Crippen LogP contribution in [0.3, 0.4) is 0 Å². The van der Waals surface area contributed by atoms with Crippen molar-refractivity contribution in [2.45, 2.75) is 88.0 Å². The van der Waals surface area contributed by atoms with Crippen molar-refractivity contribution in [1.82, 2.24) is 19.8 Å². The summed E-state index contributed by atoms with van der Waals surface area (Å²) in [5.41, 5.74) is 3.91. The first-order valence-electron chi connectivity index (χ1n) is 28.4. The molecule has 0 saturated carbocycles. The summed E-state index contributed by atoms with van der Waals surface area (Å²) in [6, 6.07) is 33.0. The van der Waals surface area contributed by atoms with Crippen LogP contribution >= 0.6 is 22.7 Å². The fourth-order valence-corrected chi connectivity index (χ4v) is 13.6. The van der Waals surface area contributed by atoms with Gasteiger partial charge in [-0.15, -0.1) is 22.7 Å². The number of nitrogens with zero attached hydrogens (tertiary/aromatic N) is 4. The zero-order valence-corrected chi connectivity index (χ0v) is 49.6. The van der Waals surface area contributed by atoms with Crippen LogP contribution in [0, 0.1) is 22.7 Å². The molecule has 21 nitrogen and oxygen atoms in total. The van der Waals surface area contributed by atoms with Crippen LogP contribution in [0.1, 0.15) is 36.4 Å². The maximum atomic E-state index is 13.0. The summed E-state index contributed by atoms with van der Waals surface area (Å²) in [6.07, 6.45) is -7.15. The topological polar surface area (TPSA) is 312 Å². The van der Waals surface area contributed by atoms with E-state index in [-0.39, 0.29) is 5.57 Å². The predicted octanol–water partition coefficient (Wildman–Crippen LogP) is 4.87. The second kappa shape index (κ2) is 29.4. The molecule has 2 unspecified atom stereocenters. The summed E-state index contributed by atoms with van der Waals surface area (Å²) in [5, 5.41) is 94.8. The molecule has 0 bridgehead atoms. The summed E-state index contributed by atoms with van der Waals surface area (Å²) in [4.78, 5) is 20.1. The fourth-order valence-electron chi connectivity index (χ4n) is 10.5. The van der Waals surface area contributed by atoms with Crippen molar-refractivity contribution in [3.8, 4) is 33.0 Å². The van der Waals surface area contributed by atoms with Gasteiger partial charge in [-0.25, -0.2) is 8.42 Å². The first kappa shape index (κ1) is 63.3. The number of carbonyl (C=O) groups excluding carboxylic acids is 1. The molecule has 4 fully saturated rings. The van der Waals surface area contributed by atoms with Crippen LogP contribution < -0.4 is 20.7 Å². The number of sulfonamides is 1. The molecule has 1 amide bonds. The molecule has 2 aromatic heterocycles. The highest BCUT2D eigenvalue weighted by molar-refractivity contribution is 7.93. The van der Waals surface area contributed by atoms with Crippen LogP contribution in [0.4, 0.5) is 11.4 Å². The van der Waals surface area contributed by atoms with E-state index >= 15 is 0 Å². The Morgan fingerprint density at radius 3 is 1.52 bits per heavy atom. The van der Waals surface area contributed by atoms with Gasteiger partial charge < -0.3 is 65.5 Å². The molecule has 4 aliphatic heterocycles. The quantitative estimate of drug-likeness (QED) is 0.0382. The number of thiophene rings is 2. The Morgan fingerprint density at radius 2 is 1.05 bits per heavy atom. The maximum Gasteiger partial charge on any atom is 0.262 e. The highest BCUT2D eigenvalue weighted by Crippen LogP contribution is 2.35. The number of hydrogen-bond donors (Lipinski definition) is 10. The highest BCUT2D eigenvalue weighted by Gasteiger charge is 2.46. The summed E-state index contributed by atoms with van der Waals surface area (Å²) in [5.74, 6) is -0.777. The maximum absolute atomic E-state index is 13.0. The van der Waals surface area contributed by atoms with Gasteiger partial charge in [-0.1, -0.05) is 50.2 Å². The number of hydrogen-bond acceptors (Lipinski definition) is 21. The molecule has 4 saturated heterocycles. The Morgan fingerprint density at radius 1 is 0.600 bits per heavy atom. The zero-order valence-electron chi connectivity index (χ0n) is 47.1. The number of morpholine rings is 2. The molecular weight excluding hydrogens is 1150 g/mol. The summed E-state index contributed by atoms with van der Waals surface area (Å²) in [6.45, 7) is 14.1. The molecule has 0 radical (unpaired) electrons. The highest BCUT2D eigenvalue weighted by atomic mass is 32.2. The van der Waals surface area contributed by atoms with Crippen molar-refractivity contribution in [1.29, 1.82) is 10.5 Å². The smallest absolute Gasteiger partial charge is 0.262 e. The van der Waals surface area contributed by atoms with Gasteiger partial charge in [-0.05, 0) is 118 Å². The minimum Gasteiger partial charge on any atom is -0.388 e. The van der Waals surface area contributed by atoms with Gasteiger partial charge in [-0.3, -0.25) is 14.6 Å². The van der Waals surface area contributed by atoms with Crippen LogP contribution in [0.2, 0.25) is 0 Å². The van der Waals surface area contributed by atoms with E-state index in [1.54, 1.807) is 26.0 Å². The number of nitrogens with one attached hydrogen (secondary N) is 4. The predicted molar refractivity (Wildman–Crippen MR) is 327 cm³/mol. The van der Waals surface area contributed by atoms with Gasteiger partial charge in [0.25, 0.3) is 15.9 Å². The molecule has 452 valence electrons. The molecule has 0 aliphatic carbocycles. The lowest BCUT2D eigenvalue weighted by Crippen LogP contribution is -2.63. The monoisotopic (exact) mass is 1220 g/mol. The number of aliphatic hydroxyl groups excluding tert-OH is 6. The molecule has 6 aromatic rings. The van der Waals surface area contributed by atoms with Crippen LogP contribution in [-0.4, -0.2) is 195 Å². The average Bonchev–Trinajstić information content (AvgIpc) is 4.36. The first-order chi connectivity index (χ1) is 41.0. The van der Waals surface area contributed by atoms with Gasteiger partial charge in [0.15, 0.2) is 17.5 Å². The third-order valence-electron chi connectivity index (χ3n) is 15.4. The largest absolute Gasteiger partial charge is 0.388 e. The standard InChI is InChI=1S/C31H36N4O6S.C30H36N4O7S2/c1-2-25-28(36)29(37)27(31(39)41-25)34-30(38)22(18-32)17-24-7-8-26(42-24)21-4-3-20-16-23(6-5-19(20)15-21)33-9-10-35-11-13-40-14-12-35;1-2-25-28(35)29(36)27(30(37)41-25)33-43(38,39)24(18-31)17-23-7-8-26(42-23)21-4-3-20-16-22(6-5-19(20)15-21)32-9-10-34-11-13-40-14-12-34/h3-8,15-17,25,27-29,31,33,36-37,39H,2,9-14H2,1H3,(H,34,38);3-8,15-17,25,27-30,32-33,35-37H,2,9-14H2,1H3/b22-17+;24-17+/t25-,27-,28-,29-,31?;25-,27-,28-,29-,30?/m11/s1. The number of carbonyl (C=O) groups is 1. The number of anilines is 2. The molecule has 6 heterocycles. The van der Waals surface area contributed by atoms with Crippen molar-refractivity contribution in [3.05, 3.63) is 117 Å². The Balaban J connectivity index is 0.000000204. The van der Waals surface area contributed by atoms with Crippen molar-refractivity contribution in [2.75, 3.05) is 89.4 Å². The fraction of sp³-hybridized carbons (Fsp3) is 0.426. The summed E-state index contributed by atoms with van der Waals surface area (Å²) < 4.78 is 49.5. The third kappa shape index (κ3) is 16.0. The van der Waals surface area contributed by atoms with E-state index in [1.807, 2.05) is 36.4 Å². The Hall–Kier alpha value is -6.24. The van der Waals surface area contributed by atoms with Gasteiger partial charge in [0, 0.05) is 83.2 Å². The summed E-state index contributed by atoms with van der Waals surface area (Å²) in [7, 11) is -4.45. The van der Waals surface area contributed by atoms with Crippen LogP contribution in [0.15, 0.2) is 108 Å². The molecule has 4 aliphatic rings. The van der Waals surface area contributed by atoms with Crippen molar-refractivity contribution >= 4 is 83.7 Å². The van der Waals surface area contributed by atoms with E-state index in [2.05, 4.69) is 91.1 Å². The first-order valence-corrected chi connectivity index (χ1v) is 31.5. The van der Waals surface area contributed by atoms with E-state index in [0.717, 1.165) is 133 Å². The van der Waals surface area contributed by atoms with Gasteiger partial charge in [0.05, 0.1) is 38.6 Å². The van der Waals surface area contributed by atoms with E-state index in [1.165, 1.54) is 34.8 Å². The van der Waals surface area contributed by atoms with Gasteiger partial charge in [0.2, 0.25) is 0 Å². The van der Waals surface area contributed by atoms with Crippen molar-refractivity contribution in [3.63, 3.8) is 0 Å².